The summed E-state index contributed by atoms with van der Waals surface area (Å²) in [5.74, 6) is -0.287. The van der Waals surface area contributed by atoms with Crippen molar-refractivity contribution in [2.24, 2.45) is 0 Å². The quantitative estimate of drug-likeness (QED) is 0.882. The SMILES string of the molecule is O=C(O)[C@H]1CC[C@@H](C(=O)N2CCC(c3nc4cc(Cl)ccc4o3)CC2)O1. The highest BCUT2D eigenvalue weighted by Crippen LogP contribution is 2.32. The Kier molecular flexibility index (Phi) is 4.58. The van der Waals surface area contributed by atoms with E-state index in [0.717, 1.165) is 18.4 Å². The molecule has 0 bridgehead atoms. The summed E-state index contributed by atoms with van der Waals surface area (Å²) in [6.45, 7) is 1.17. The fraction of sp³-hybridized carbons (Fsp3) is 0.500. The van der Waals surface area contributed by atoms with Gasteiger partial charge in [-0.15, -0.1) is 0 Å². The number of nitrogens with zero attached hydrogens (tertiary/aromatic N) is 2. The van der Waals surface area contributed by atoms with E-state index >= 15 is 0 Å². The van der Waals surface area contributed by atoms with Crippen molar-refractivity contribution in [1.82, 2.24) is 9.88 Å². The van der Waals surface area contributed by atoms with Gasteiger partial charge in [-0.2, -0.15) is 0 Å². The molecule has 2 aliphatic rings. The van der Waals surface area contributed by atoms with Crippen molar-refractivity contribution in [3.63, 3.8) is 0 Å². The molecule has 2 fully saturated rings. The monoisotopic (exact) mass is 378 g/mol. The van der Waals surface area contributed by atoms with Gasteiger partial charge in [0.1, 0.15) is 11.6 Å². The number of fused-ring (bicyclic) bond motifs is 1. The zero-order valence-corrected chi connectivity index (χ0v) is 14.8. The first-order valence-corrected chi connectivity index (χ1v) is 9.12. The number of carboxylic acid groups (broad SMARTS) is 1. The third-order valence-electron chi connectivity index (χ3n) is 5.09. The Morgan fingerprint density at radius 1 is 1.15 bits per heavy atom. The predicted octanol–water partition coefficient (Wildman–Crippen LogP) is 2.82. The second kappa shape index (κ2) is 6.89. The van der Waals surface area contributed by atoms with Gasteiger partial charge in [0, 0.05) is 24.0 Å². The molecule has 3 heterocycles. The van der Waals surface area contributed by atoms with E-state index in [1.54, 1.807) is 17.0 Å². The summed E-state index contributed by atoms with van der Waals surface area (Å²) in [6.07, 6.45) is 0.838. The summed E-state index contributed by atoms with van der Waals surface area (Å²) in [5.41, 5.74) is 1.45. The Hall–Kier alpha value is -2.12. The van der Waals surface area contributed by atoms with Crippen LogP contribution in [0.4, 0.5) is 0 Å². The topological polar surface area (TPSA) is 92.9 Å². The molecule has 26 heavy (non-hydrogen) atoms. The van der Waals surface area contributed by atoms with Gasteiger partial charge in [0.2, 0.25) is 0 Å². The molecule has 2 saturated heterocycles. The molecular weight excluding hydrogens is 360 g/mol. The highest BCUT2D eigenvalue weighted by Gasteiger charge is 2.38. The maximum absolute atomic E-state index is 12.5. The number of halogens is 1. The van der Waals surface area contributed by atoms with E-state index in [1.165, 1.54) is 0 Å². The van der Waals surface area contributed by atoms with E-state index in [-0.39, 0.29) is 11.8 Å². The second-order valence-electron chi connectivity index (χ2n) is 6.79. The van der Waals surface area contributed by atoms with Crippen LogP contribution in [-0.4, -0.2) is 52.2 Å². The van der Waals surface area contributed by atoms with E-state index in [0.29, 0.717) is 42.4 Å². The summed E-state index contributed by atoms with van der Waals surface area (Å²) in [5, 5.41) is 9.60. The van der Waals surface area contributed by atoms with Crippen LogP contribution < -0.4 is 0 Å². The Bertz CT molecular complexity index is 843. The summed E-state index contributed by atoms with van der Waals surface area (Å²) in [7, 11) is 0. The van der Waals surface area contributed by atoms with Crippen molar-refractivity contribution >= 4 is 34.6 Å². The average molecular weight is 379 g/mol. The largest absolute Gasteiger partial charge is 0.479 e. The Labute approximate surface area is 154 Å². The number of carbonyl (C=O) groups is 2. The number of amides is 1. The van der Waals surface area contributed by atoms with Crippen LogP contribution in [-0.2, 0) is 14.3 Å². The lowest BCUT2D eigenvalue weighted by Crippen LogP contribution is -2.43. The van der Waals surface area contributed by atoms with Gasteiger partial charge in [0.15, 0.2) is 17.6 Å². The lowest BCUT2D eigenvalue weighted by molar-refractivity contribution is -0.155. The van der Waals surface area contributed by atoms with Crippen LogP contribution in [0.1, 0.15) is 37.5 Å². The van der Waals surface area contributed by atoms with Gasteiger partial charge < -0.3 is 19.2 Å². The molecule has 1 aromatic carbocycles. The highest BCUT2D eigenvalue weighted by molar-refractivity contribution is 6.31. The van der Waals surface area contributed by atoms with Crippen molar-refractivity contribution in [3.8, 4) is 0 Å². The molecule has 0 spiro atoms. The first-order valence-electron chi connectivity index (χ1n) is 8.74. The summed E-state index contributed by atoms with van der Waals surface area (Å²) >= 11 is 5.99. The van der Waals surface area contributed by atoms with Crippen molar-refractivity contribution < 1.29 is 23.8 Å². The molecule has 138 valence electrons. The number of carboxylic acids is 1. The fourth-order valence-corrected chi connectivity index (χ4v) is 3.81. The standard InChI is InChI=1S/C18H19ClN2O5/c19-11-1-2-13-12(9-11)20-16(26-13)10-5-7-21(8-6-10)17(22)14-3-4-15(25-14)18(23)24/h1-2,9-10,14-15H,3-8H2,(H,23,24)/t14-,15+/m0/s1. The number of aromatic nitrogens is 1. The van der Waals surface area contributed by atoms with Crippen molar-refractivity contribution in [1.29, 1.82) is 0 Å². The second-order valence-corrected chi connectivity index (χ2v) is 7.23. The maximum Gasteiger partial charge on any atom is 0.332 e. The smallest absolute Gasteiger partial charge is 0.332 e. The summed E-state index contributed by atoms with van der Waals surface area (Å²) in [6, 6.07) is 5.36. The van der Waals surface area contributed by atoms with E-state index in [1.807, 2.05) is 6.07 Å². The predicted molar refractivity (Wildman–Crippen MR) is 93.1 cm³/mol. The summed E-state index contributed by atoms with van der Waals surface area (Å²) in [4.78, 5) is 29.8. The van der Waals surface area contributed by atoms with Crippen LogP contribution in [0, 0.1) is 0 Å². The number of benzene rings is 1. The minimum Gasteiger partial charge on any atom is -0.479 e. The third-order valence-corrected chi connectivity index (χ3v) is 5.33. The first kappa shape index (κ1) is 17.3. The van der Waals surface area contributed by atoms with E-state index in [2.05, 4.69) is 4.98 Å². The number of likely N-dealkylation sites (tertiary alicyclic amines) is 1. The molecule has 1 N–H and O–H groups in total. The lowest BCUT2D eigenvalue weighted by atomic mass is 9.96. The minimum absolute atomic E-state index is 0.114. The number of carbonyl (C=O) groups excluding carboxylic acids is 1. The van der Waals surface area contributed by atoms with Crippen LogP contribution in [0.25, 0.3) is 11.1 Å². The third kappa shape index (κ3) is 3.29. The number of oxazole rings is 1. The number of rotatable bonds is 3. The van der Waals surface area contributed by atoms with Crippen LogP contribution in [0.5, 0.6) is 0 Å². The first-order chi connectivity index (χ1) is 12.5. The van der Waals surface area contributed by atoms with E-state index in [4.69, 9.17) is 25.9 Å². The molecule has 0 aliphatic carbocycles. The van der Waals surface area contributed by atoms with Crippen molar-refractivity contribution in [2.75, 3.05) is 13.1 Å². The van der Waals surface area contributed by atoms with Gasteiger partial charge >= 0.3 is 5.97 Å². The van der Waals surface area contributed by atoms with Gasteiger partial charge in [-0.3, -0.25) is 4.79 Å². The van der Waals surface area contributed by atoms with Gasteiger partial charge in [-0.25, -0.2) is 9.78 Å². The number of hydrogen-bond acceptors (Lipinski definition) is 5. The molecule has 2 atom stereocenters. The molecule has 7 nitrogen and oxygen atoms in total. The van der Waals surface area contributed by atoms with Crippen molar-refractivity contribution in [3.05, 3.63) is 29.1 Å². The van der Waals surface area contributed by atoms with Crippen LogP contribution in [0.2, 0.25) is 5.02 Å². The molecule has 4 rings (SSSR count). The Balaban J connectivity index is 1.37. The molecule has 1 amide bonds. The molecule has 0 radical (unpaired) electrons. The van der Waals surface area contributed by atoms with E-state index < -0.39 is 18.2 Å². The Morgan fingerprint density at radius 3 is 2.58 bits per heavy atom. The lowest BCUT2D eigenvalue weighted by Gasteiger charge is -2.32. The van der Waals surface area contributed by atoms with E-state index in [9.17, 15) is 9.59 Å². The normalized spacial score (nSPS) is 24.3. The van der Waals surface area contributed by atoms with Gasteiger partial charge in [0.25, 0.3) is 5.91 Å². The molecule has 2 aliphatic heterocycles. The fourth-order valence-electron chi connectivity index (χ4n) is 3.64. The van der Waals surface area contributed by atoms with Crippen LogP contribution >= 0.6 is 11.6 Å². The molecule has 0 unspecified atom stereocenters. The zero-order chi connectivity index (χ0) is 18.3. The Morgan fingerprint density at radius 2 is 1.88 bits per heavy atom. The number of hydrogen-bond donors (Lipinski definition) is 1. The molecule has 8 heteroatoms. The highest BCUT2D eigenvalue weighted by atomic mass is 35.5. The van der Waals surface area contributed by atoms with Crippen molar-refractivity contribution in [2.45, 2.75) is 43.8 Å². The molecule has 2 aromatic rings. The van der Waals surface area contributed by atoms with Crippen LogP contribution in [0.15, 0.2) is 22.6 Å². The van der Waals surface area contributed by atoms with Crippen LogP contribution in [0.3, 0.4) is 0 Å². The molecular formula is C18H19ClN2O5. The number of ether oxygens (including phenoxy) is 1. The maximum atomic E-state index is 12.5. The van der Waals surface area contributed by atoms with Gasteiger partial charge in [-0.05, 0) is 43.9 Å². The number of piperidine rings is 1. The molecule has 1 aromatic heterocycles. The zero-order valence-electron chi connectivity index (χ0n) is 14.1. The number of aliphatic carboxylic acids is 1. The van der Waals surface area contributed by atoms with Gasteiger partial charge in [0.05, 0.1) is 0 Å². The summed E-state index contributed by atoms with van der Waals surface area (Å²) < 4.78 is 11.2. The molecule has 0 saturated carbocycles. The van der Waals surface area contributed by atoms with Gasteiger partial charge in [-0.1, -0.05) is 11.6 Å². The minimum atomic E-state index is -1.00. The average Bonchev–Trinajstić information content (AvgIpc) is 3.28.